The molecule has 0 atom stereocenters. The third-order valence-corrected chi connectivity index (χ3v) is 4.85. The normalized spacial score (nSPS) is 14.6. The molecule has 1 saturated heterocycles. The summed E-state index contributed by atoms with van der Waals surface area (Å²) in [5.74, 6) is 0.521. The van der Waals surface area contributed by atoms with Crippen LogP contribution in [0.25, 0.3) is 0 Å². The number of hydrogen-bond donors (Lipinski definition) is 0. The van der Waals surface area contributed by atoms with E-state index in [1.165, 1.54) is 7.11 Å². The smallest absolute Gasteiger partial charge is 0.339 e. The summed E-state index contributed by atoms with van der Waals surface area (Å²) in [7, 11) is 1.37. The summed E-state index contributed by atoms with van der Waals surface area (Å²) in [6.07, 6.45) is 0.872. The Kier molecular flexibility index (Phi) is 5.74. The molecule has 2 aromatic rings. The molecule has 1 fully saturated rings. The van der Waals surface area contributed by atoms with Crippen molar-refractivity contribution in [1.82, 2.24) is 9.88 Å². The van der Waals surface area contributed by atoms with Crippen LogP contribution in [-0.4, -0.2) is 55.0 Å². The minimum Gasteiger partial charge on any atom is -0.465 e. The summed E-state index contributed by atoms with van der Waals surface area (Å²) in [4.78, 5) is 33.2. The SMILES string of the molecule is COC(=O)c1ccc(N2CCCN(C(=O)c3cccc(C)c3)CC2)nc1C. The largest absolute Gasteiger partial charge is 0.465 e. The standard InChI is InChI=1S/C21H25N3O3/c1-15-6-4-7-17(14-15)20(25)24-11-5-10-23(12-13-24)19-9-8-18(16(2)22-19)21(26)27-3/h4,6-9,14H,5,10-13H2,1-3H3. The van der Waals surface area contributed by atoms with Crippen LogP contribution in [-0.2, 0) is 4.74 Å². The van der Waals surface area contributed by atoms with Crippen molar-refractivity contribution in [3.63, 3.8) is 0 Å². The Morgan fingerprint density at radius 2 is 1.85 bits per heavy atom. The van der Waals surface area contributed by atoms with Crippen molar-refractivity contribution in [3.05, 3.63) is 58.8 Å². The summed E-state index contributed by atoms with van der Waals surface area (Å²) in [5.41, 5.74) is 2.95. The molecule has 0 bridgehead atoms. The molecular formula is C21H25N3O3. The number of methoxy groups -OCH3 is 1. The van der Waals surface area contributed by atoms with Crippen LogP contribution in [0.2, 0.25) is 0 Å². The Morgan fingerprint density at radius 3 is 2.56 bits per heavy atom. The molecule has 0 unspecified atom stereocenters. The van der Waals surface area contributed by atoms with Crippen LogP contribution in [0.3, 0.4) is 0 Å². The van der Waals surface area contributed by atoms with E-state index in [-0.39, 0.29) is 11.9 Å². The highest BCUT2D eigenvalue weighted by molar-refractivity contribution is 5.94. The lowest BCUT2D eigenvalue weighted by Gasteiger charge is -2.23. The molecule has 0 radical (unpaired) electrons. The molecule has 0 spiro atoms. The van der Waals surface area contributed by atoms with Gasteiger partial charge < -0.3 is 14.5 Å². The first kappa shape index (κ1) is 18.9. The van der Waals surface area contributed by atoms with Gasteiger partial charge in [-0.3, -0.25) is 4.79 Å². The second-order valence-electron chi connectivity index (χ2n) is 6.80. The van der Waals surface area contributed by atoms with Crippen LogP contribution in [0.1, 0.15) is 38.4 Å². The maximum absolute atomic E-state index is 12.8. The number of benzene rings is 1. The highest BCUT2D eigenvalue weighted by atomic mass is 16.5. The molecule has 3 rings (SSSR count). The lowest BCUT2D eigenvalue weighted by atomic mass is 10.1. The van der Waals surface area contributed by atoms with E-state index in [1.54, 1.807) is 13.0 Å². The zero-order valence-electron chi connectivity index (χ0n) is 16.1. The number of hydrogen-bond acceptors (Lipinski definition) is 5. The van der Waals surface area contributed by atoms with Crippen molar-refractivity contribution >= 4 is 17.7 Å². The Hall–Kier alpha value is -2.89. The number of ether oxygens (including phenoxy) is 1. The molecule has 2 heterocycles. The quantitative estimate of drug-likeness (QED) is 0.781. The molecule has 6 heteroatoms. The van der Waals surface area contributed by atoms with E-state index in [4.69, 9.17) is 4.74 Å². The second-order valence-corrected chi connectivity index (χ2v) is 6.80. The summed E-state index contributed by atoms with van der Waals surface area (Å²) < 4.78 is 4.78. The average molecular weight is 367 g/mol. The van der Waals surface area contributed by atoms with Gasteiger partial charge in [0.2, 0.25) is 0 Å². The van der Waals surface area contributed by atoms with Crippen molar-refractivity contribution in [2.45, 2.75) is 20.3 Å². The molecule has 142 valence electrons. The van der Waals surface area contributed by atoms with Crippen molar-refractivity contribution in [3.8, 4) is 0 Å². The predicted molar refractivity (Wildman–Crippen MR) is 104 cm³/mol. The lowest BCUT2D eigenvalue weighted by molar-refractivity contribution is 0.0599. The monoisotopic (exact) mass is 367 g/mol. The van der Waals surface area contributed by atoms with E-state index in [2.05, 4.69) is 9.88 Å². The fourth-order valence-electron chi connectivity index (χ4n) is 3.36. The number of carbonyl (C=O) groups excluding carboxylic acids is 2. The molecule has 1 aliphatic heterocycles. The minimum atomic E-state index is -0.377. The van der Waals surface area contributed by atoms with Crippen LogP contribution in [0.15, 0.2) is 36.4 Å². The maximum atomic E-state index is 12.8. The van der Waals surface area contributed by atoms with Gasteiger partial charge in [0.25, 0.3) is 5.91 Å². The Balaban J connectivity index is 1.70. The molecule has 1 amide bonds. The van der Waals surface area contributed by atoms with Crippen LogP contribution < -0.4 is 4.90 Å². The van der Waals surface area contributed by atoms with Crippen molar-refractivity contribution in [2.75, 3.05) is 38.2 Å². The molecular weight excluding hydrogens is 342 g/mol. The van der Waals surface area contributed by atoms with Gasteiger partial charge in [-0.2, -0.15) is 0 Å². The number of amides is 1. The highest BCUT2D eigenvalue weighted by Crippen LogP contribution is 2.18. The van der Waals surface area contributed by atoms with E-state index >= 15 is 0 Å². The van der Waals surface area contributed by atoms with E-state index in [0.29, 0.717) is 24.3 Å². The van der Waals surface area contributed by atoms with Gasteiger partial charge in [0.15, 0.2) is 0 Å². The zero-order valence-corrected chi connectivity index (χ0v) is 16.1. The summed E-state index contributed by atoms with van der Waals surface area (Å²) in [6, 6.07) is 11.3. The number of rotatable bonds is 3. The van der Waals surface area contributed by atoms with Gasteiger partial charge in [-0.15, -0.1) is 0 Å². The third kappa shape index (κ3) is 4.27. The van der Waals surface area contributed by atoms with Crippen LogP contribution in [0.5, 0.6) is 0 Å². The second kappa shape index (κ2) is 8.20. The van der Waals surface area contributed by atoms with Crippen LogP contribution >= 0.6 is 0 Å². The number of anilines is 1. The molecule has 0 N–H and O–H groups in total. The molecule has 0 saturated carbocycles. The van der Waals surface area contributed by atoms with Gasteiger partial charge in [0, 0.05) is 31.7 Å². The van der Waals surface area contributed by atoms with Gasteiger partial charge >= 0.3 is 5.97 Å². The molecule has 27 heavy (non-hydrogen) atoms. The summed E-state index contributed by atoms with van der Waals surface area (Å²) >= 11 is 0. The third-order valence-electron chi connectivity index (χ3n) is 4.85. The van der Waals surface area contributed by atoms with Crippen molar-refractivity contribution in [1.29, 1.82) is 0 Å². The lowest BCUT2D eigenvalue weighted by Crippen LogP contribution is -2.35. The fraction of sp³-hybridized carbons (Fsp3) is 0.381. The van der Waals surface area contributed by atoms with E-state index in [9.17, 15) is 9.59 Å². The number of aromatic nitrogens is 1. The topological polar surface area (TPSA) is 62.7 Å². The van der Waals surface area contributed by atoms with Gasteiger partial charge in [-0.05, 0) is 44.5 Å². The maximum Gasteiger partial charge on any atom is 0.339 e. The molecule has 1 aromatic heterocycles. The molecule has 1 aliphatic rings. The number of nitrogens with zero attached hydrogens (tertiary/aromatic N) is 3. The van der Waals surface area contributed by atoms with Crippen molar-refractivity contribution in [2.24, 2.45) is 0 Å². The predicted octanol–water partition coefficient (Wildman–Crippen LogP) is 2.84. The average Bonchev–Trinajstić information content (AvgIpc) is 2.93. The fourth-order valence-corrected chi connectivity index (χ4v) is 3.36. The number of carbonyl (C=O) groups is 2. The van der Waals surface area contributed by atoms with E-state index in [0.717, 1.165) is 36.5 Å². The van der Waals surface area contributed by atoms with Gasteiger partial charge in [-0.25, -0.2) is 9.78 Å². The zero-order chi connectivity index (χ0) is 19.4. The number of pyridine rings is 1. The van der Waals surface area contributed by atoms with E-state index < -0.39 is 0 Å². The van der Waals surface area contributed by atoms with Crippen LogP contribution in [0, 0.1) is 13.8 Å². The highest BCUT2D eigenvalue weighted by Gasteiger charge is 2.22. The molecule has 6 nitrogen and oxygen atoms in total. The van der Waals surface area contributed by atoms with Crippen LogP contribution in [0.4, 0.5) is 5.82 Å². The molecule has 1 aromatic carbocycles. The Morgan fingerprint density at radius 1 is 1.04 bits per heavy atom. The Labute approximate surface area is 159 Å². The first-order valence-electron chi connectivity index (χ1n) is 9.16. The van der Waals surface area contributed by atoms with Gasteiger partial charge in [0.05, 0.1) is 18.4 Å². The van der Waals surface area contributed by atoms with Crippen molar-refractivity contribution < 1.29 is 14.3 Å². The molecule has 0 aliphatic carbocycles. The first-order valence-corrected chi connectivity index (χ1v) is 9.16. The summed E-state index contributed by atoms with van der Waals surface area (Å²) in [6.45, 7) is 6.70. The Bertz CT molecular complexity index is 850. The van der Waals surface area contributed by atoms with Gasteiger partial charge in [-0.1, -0.05) is 17.7 Å². The number of aryl methyl sites for hydroxylation is 2. The number of esters is 1. The summed E-state index contributed by atoms with van der Waals surface area (Å²) in [5, 5.41) is 0. The minimum absolute atomic E-state index is 0.0747. The van der Waals surface area contributed by atoms with Gasteiger partial charge in [0.1, 0.15) is 5.82 Å². The van der Waals surface area contributed by atoms with E-state index in [1.807, 2.05) is 42.2 Å². The first-order chi connectivity index (χ1) is 13.0.